The number of anilines is 1. The number of nitrogens with one attached hydrogen (secondary N) is 2. The molecule has 5 rings (SSSR count). The van der Waals surface area contributed by atoms with Crippen LogP contribution in [0, 0.1) is 0 Å². The Morgan fingerprint density at radius 1 is 1.09 bits per heavy atom. The number of ether oxygens (including phenoxy) is 5. The third-order valence-corrected chi connectivity index (χ3v) is 7.18. The van der Waals surface area contributed by atoms with E-state index in [1.807, 2.05) is 32.1 Å². The van der Waals surface area contributed by atoms with Gasteiger partial charge in [-0.15, -0.1) is 0 Å². The molecule has 4 heterocycles. The molecule has 5 atom stereocenters. The Balaban J connectivity index is 1.30. The zero-order valence-corrected chi connectivity index (χ0v) is 26.8. The molecule has 14 nitrogen and oxygen atoms in total. The van der Waals surface area contributed by atoms with Crippen LogP contribution in [-0.4, -0.2) is 79.8 Å². The summed E-state index contributed by atoms with van der Waals surface area (Å²) in [6.45, 7) is 10.8. The van der Waals surface area contributed by atoms with Gasteiger partial charge < -0.3 is 34.3 Å². The fraction of sp³-hybridized carbons (Fsp3) is 0.500. The highest BCUT2D eigenvalue weighted by Gasteiger charge is 2.55. The molecule has 1 aromatic carbocycles. The zero-order chi connectivity index (χ0) is 33.1. The van der Waals surface area contributed by atoms with E-state index in [-0.39, 0.29) is 24.8 Å². The van der Waals surface area contributed by atoms with E-state index in [4.69, 9.17) is 23.7 Å². The summed E-state index contributed by atoms with van der Waals surface area (Å²) in [5.74, 6) is -1.46. The summed E-state index contributed by atoms with van der Waals surface area (Å²) < 4.78 is 31.1. The van der Waals surface area contributed by atoms with E-state index >= 15 is 0 Å². The molecule has 2 amide bonds. The lowest BCUT2D eigenvalue weighted by Crippen LogP contribution is -2.44. The molecular formula is C32H40N6O8. The standard InChI is InChI=1S/C32H40N6O8/c1-7-42-29(40)20(36-30(41)46-31(2,3)4)15-11-12-16-21-23-24(45-32(5,6)44-23)28(43-21)38-18-35-22-25(33-17-34-26(22)38)37-27(39)19-13-9-8-10-14-19/h8-10,12-14,16-18,20-21,23-24,28H,7,11,15H2,1-6H3,(H,36,41)(H,33,34,37,39)/b16-12+/t20?,21-,23-,24-,28-/m1/s1. The van der Waals surface area contributed by atoms with E-state index < -0.39 is 54.0 Å². The Labute approximate surface area is 266 Å². The Morgan fingerprint density at radius 3 is 2.54 bits per heavy atom. The Kier molecular flexibility index (Phi) is 9.70. The number of hydrogen-bond acceptors (Lipinski definition) is 11. The summed E-state index contributed by atoms with van der Waals surface area (Å²) in [5, 5.41) is 5.42. The van der Waals surface area contributed by atoms with Crippen molar-refractivity contribution in [1.82, 2.24) is 24.8 Å². The fourth-order valence-corrected chi connectivity index (χ4v) is 5.32. The number of esters is 1. The number of fused-ring (bicyclic) bond motifs is 2. The van der Waals surface area contributed by atoms with Gasteiger partial charge in [-0.05, 0) is 66.5 Å². The van der Waals surface area contributed by atoms with Crippen molar-refractivity contribution < 1.29 is 38.1 Å². The lowest BCUT2D eigenvalue weighted by molar-refractivity contribution is -0.191. The molecule has 2 aliphatic heterocycles. The predicted molar refractivity (Wildman–Crippen MR) is 166 cm³/mol. The summed E-state index contributed by atoms with van der Waals surface area (Å²) in [6, 6.07) is 7.92. The van der Waals surface area contributed by atoms with Gasteiger partial charge in [0, 0.05) is 5.56 Å². The zero-order valence-electron chi connectivity index (χ0n) is 26.8. The van der Waals surface area contributed by atoms with Crippen LogP contribution in [0.4, 0.5) is 10.6 Å². The predicted octanol–water partition coefficient (Wildman–Crippen LogP) is 4.29. The van der Waals surface area contributed by atoms with Gasteiger partial charge in [0.05, 0.1) is 12.9 Å². The molecule has 0 aliphatic carbocycles. The first-order valence-corrected chi connectivity index (χ1v) is 15.2. The van der Waals surface area contributed by atoms with Crippen LogP contribution in [0.2, 0.25) is 0 Å². The number of carbonyl (C=O) groups is 3. The minimum atomic E-state index is -0.886. The summed E-state index contributed by atoms with van der Waals surface area (Å²) in [7, 11) is 0. The van der Waals surface area contributed by atoms with Gasteiger partial charge in [0.2, 0.25) is 0 Å². The molecule has 3 aromatic rings. The molecule has 2 aromatic heterocycles. The second-order valence-corrected chi connectivity index (χ2v) is 12.4. The van der Waals surface area contributed by atoms with E-state index in [2.05, 4.69) is 25.6 Å². The molecule has 0 saturated carbocycles. The number of imidazole rings is 1. The molecular weight excluding hydrogens is 596 g/mol. The van der Waals surface area contributed by atoms with E-state index in [9.17, 15) is 14.4 Å². The fourth-order valence-electron chi connectivity index (χ4n) is 5.32. The van der Waals surface area contributed by atoms with Gasteiger partial charge in [0.1, 0.15) is 36.3 Å². The lowest BCUT2D eigenvalue weighted by atomic mass is 10.1. The highest BCUT2D eigenvalue weighted by molar-refractivity contribution is 6.06. The average Bonchev–Trinajstić information content (AvgIpc) is 3.65. The second kappa shape index (κ2) is 13.5. The maximum atomic E-state index is 12.8. The third-order valence-electron chi connectivity index (χ3n) is 7.18. The van der Waals surface area contributed by atoms with Crippen LogP contribution in [-0.2, 0) is 28.5 Å². The van der Waals surface area contributed by atoms with E-state index in [0.717, 1.165) is 0 Å². The highest BCUT2D eigenvalue weighted by atomic mass is 16.8. The van der Waals surface area contributed by atoms with Gasteiger partial charge in [-0.1, -0.05) is 30.4 Å². The van der Waals surface area contributed by atoms with Crippen LogP contribution in [0.1, 0.15) is 71.0 Å². The van der Waals surface area contributed by atoms with E-state index in [1.54, 1.807) is 62.9 Å². The number of nitrogens with zero attached hydrogens (tertiary/aromatic N) is 4. The molecule has 2 fully saturated rings. The Hall–Kier alpha value is -4.40. The van der Waals surface area contributed by atoms with Crippen LogP contribution in [0.25, 0.3) is 11.2 Å². The summed E-state index contributed by atoms with van der Waals surface area (Å²) in [5.41, 5.74) is 0.618. The lowest BCUT2D eigenvalue weighted by Gasteiger charge is -2.24. The quantitative estimate of drug-likeness (QED) is 0.241. The van der Waals surface area contributed by atoms with Gasteiger partial charge in [-0.25, -0.2) is 24.5 Å². The summed E-state index contributed by atoms with van der Waals surface area (Å²) >= 11 is 0. The van der Waals surface area contributed by atoms with E-state index in [0.29, 0.717) is 23.1 Å². The first kappa shape index (κ1) is 33.0. The van der Waals surface area contributed by atoms with Crippen LogP contribution in [0.3, 0.4) is 0 Å². The monoisotopic (exact) mass is 636 g/mol. The first-order valence-electron chi connectivity index (χ1n) is 15.2. The molecule has 2 N–H and O–H groups in total. The Bertz CT molecular complexity index is 1580. The van der Waals surface area contributed by atoms with Gasteiger partial charge in [-0.3, -0.25) is 9.36 Å². The van der Waals surface area contributed by atoms with Gasteiger partial charge >= 0.3 is 12.1 Å². The van der Waals surface area contributed by atoms with E-state index in [1.165, 1.54) is 6.33 Å². The van der Waals surface area contributed by atoms with Crippen LogP contribution >= 0.6 is 0 Å². The third kappa shape index (κ3) is 7.69. The normalized spacial score (nSPS) is 22.8. The van der Waals surface area contributed by atoms with Crippen molar-refractivity contribution in [2.45, 2.75) is 96.4 Å². The largest absolute Gasteiger partial charge is 0.464 e. The van der Waals surface area contributed by atoms with Crippen molar-refractivity contribution >= 4 is 35.0 Å². The maximum Gasteiger partial charge on any atom is 0.408 e. The SMILES string of the molecule is CCOC(=O)C(CC/C=C/[C@H]1O[C@@H](n2cnc3c(NC(=O)c4ccccc4)ncnc32)[C@@H]2OC(C)(C)O[C@@H]21)NC(=O)OC(C)(C)C. The maximum absolute atomic E-state index is 12.8. The van der Waals surface area contributed by atoms with Gasteiger partial charge in [-0.2, -0.15) is 0 Å². The number of rotatable bonds is 10. The number of benzene rings is 1. The minimum Gasteiger partial charge on any atom is -0.464 e. The summed E-state index contributed by atoms with van der Waals surface area (Å²) in [4.78, 5) is 50.8. The molecule has 0 spiro atoms. The van der Waals surface area contributed by atoms with Crippen molar-refractivity contribution in [3.05, 3.63) is 60.7 Å². The van der Waals surface area contributed by atoms with Gasteiger partial charge in [0.25, 0.3) is 5.91 Å². The molecule has 46 heavy (non-hydrogen) atoms. The molecule has 0 bridgehead atoms. The molecule has 2 saturated heterocycles. The number of carbonyl (C=O) groups excluding carboxylic acids is 3. The molecule has 0 radical (unpaired) electrons. The van der Waals surface area contributed by atoms with Crippen molar-refractivity contribution in [3.63, 3.8) is 0 Å². The van der Waals surface area contributed by atoms with Crippen LogP contribution < -0.4 is 10.6 Å². The van der Waals surface area contributed by atoms with Crippen molar-refractivity contribution in [2.75, 3.05) is 11.9 Å². The average molecular weight is 637 g/mol. The number of alkyl carbamates (subject to hydrolysis) is 1. The minimum absolute atomic E-state index is 0.184. The topological polar surface area (TPSA) is 165 Å². The Morgan fingerprint density at radius 2 is 1.83 bits per heavy atom. The molecule has 2 aliphatic rings. The van der Waals surface area contributed by atoms with Gasteiger partial charge in [0.15, 0.2) is 29.0 Å². The van der Waals surface area contributed by atoms with Crippen LogP contribution in [0.15, 0.2) is 55.1 Å². The first-order chi connectivity index (χ1) is 21.8. The highest BCUT2D eigenvalue weighted by Crippen LogP contribution is 2.44. The molecule has 14 heteroatoms. The summed E-state index contributed by atoms with van der Waals surface area (Å²) in [6.07, 6.45) is 4.56. The number of amides is 2. The molecule has 1 unspecified atom stereocenters. The molecule has 246 valence electrons. The smallest absolute Gasteiger partial charge is 0.408 e. The second-order valence-electron chi connectivity index (χ2n) is 12.4. The van der Waals surface area contributed by atoms with Crippen molar-refractivity contribution in [2.24, 2.45) is 0 Å². The number of aromatic nitrogens is 4. The number of allylic oxidation sites excluding steroid dienone is 1. The van der Waals surface area contributed by atoms with Crippen LogP contribution in [0.5, 0.6) is 0 Å². The van der Waals surface area contributed by atoms with Crippen molar-refractivity contribution in [3.8, 4) is 0 Å². The van der Waals surface area contributed by atoms with Crippen molar-refractivity contribution in [1.29, 1.82) is 0 Å². The number of hydrogen-bond donors (Lipinski definition) is 2.